The number of ether oxygens (including phenoxy) is 1. The van der Waals surface area contributed by atoms with E-state index in [2.05, 4.69) is 15.2 Å². The molecule has 0 amide bonds. The Hall–Kier alpha value is -4.34. The first-order chi connectivity index (χ1) is 15.5. The summed E-state index contributed by atoms with van der Waals surface area (Å²) in [4.78, 5) is 17.1. The van der Waals surface area contributed by atoms with E-state index >= 15 is 0 Å². The normalized spacial score (nSPS) is 11.2. The SMILES string of the molecule is COc1nn(-c2cccc3nn(-c4cncc(F)c4)cc23)c(=O)n1Cc1ccc(F)cc1. The molecule has 0 spiro atoms. The molecule has 0 saturated carbocycles. The molecule has 5 rings (SSSR count). The second-order valence-corrected chi connectivity index (χ2v) is 7.04. The van der Waals surface area contributed by atoms with E-state index in [1.165, 1.54) is 45.4 Å². The number of hydrogen-bond donors (Lipinski definition) is 0. The number of rotatable bonds is 5. The zero-order valence-electron chi connectivity index (χ0n) is 16.8. The molecule has 2 aromatic carbocycles. The molecule has 32 heavy (non-hydrogen) atoms. The third-order valence-electron chi connectivity index (χ3n) is 4.98. The molecular weight excluding hydrogens is 418 g/mol. The fraction of sp³-hybridized carbons (Fsp3) is 0.0909. The molecule has 0 unspecified atom stereocenters. The standard InChI is InChI=1S/C22H16F2N6O2/c1-32-21-27-30(22(31)28(21)12-14-5-7-15(23)8-6-14)20-4-2-3-19-18(20)13-29(26-19)17-9-16(24)10-25-11-17/h2-11,13H,12H2,1H3. The smallest absolute Gasteiger partial charge is 0.353 e. The highest BCUT2D eigenvalue weighted by molar-refractivity contribution is 5.87. The summed E-state index contributed by atoms with van der Waals surface area (Å²) in [5.74, 6) is -0.844. The predicted octanol–water partition coefficient (Wildman–Crippen LogP) is 3.10. The number of pyridine rings is 1. The van der Waals surface area contributed by atoms with Gasteiger partial charge < -0.3 is 4.74 Å². The molecule has 0 fully saturated rings. The minimum absolute atomic E-state index is 0.109. The third kappa shape index (κ3) is 3.41. The Bertz CT molecular complexity index is 1490. The van der Waals surface area contributed by atoms with Gasteiger partial charge in [0.05, 0.1) is 42.9 Å². The molecule has 0 saturated heterocycles. The number of benzene rings is 2. The minimum Gasteiger partial charge on any atom is -0.467 e. The fourth-order valence-electron chi connectivity index (χ4n) is 3.46. The highest BCUT2D eigenvalue weighted by Crippen LogP contribution is 2.23. The van der Waals surface area contributed by atoms with Crippen LogP contribution in [0.25, 0.3) is 22.3 Å². The van der Waals surface area contributed by atoms with Gasteiger partial charge in [-0.05, 0) is 29.8 Å². The maximum absolute atomic E-state index is 13.6. The number of nitrogens with zero attached hydrogens (tertiary/aromatic N) is 6. The molecule has 3 aromatic heterocycles. The van der Waals surface area contributed by atoms with Crippen LogP contribution in [0.4, 0.5) is 8.78 Å². The molecule has 0 aliphatic rings. The van der Waals surface area contributed by atoms with E-state index in [-0.39, 0.29) is 18.4 Å². The van der Waals surface area contributed by atoms with Crippen molar-refractivity contribution in [2.75, 3.05) is 7.11 Å². The highest BCUT2D eigenvalue weighted by atomic mass is 19.1. The molecular formula is C22H16F2N6O2. The van der Waals surface area contributed by atoms with Crippen molar-refractivity contribution in [1.29, 1.82) is 0 Å². The largest absolute Gasteiger partial charge is 0.467 e. The van der Waals surface area contributed by atoms with Crippen LogP contribution in [-0.2, 0) is 6.54 Å². The van der Waals surface area contributed by atoms with Crippen molar-refractivity contribution in [2.24, 2.45) is 0 Å². The highest BCUT2D eigenvalue weighted by Gasteiger charge is 2.18. The second kappa shape index (κ2) is 7.73. The van der Waals surface area contributed by atoms with Crippen molar-refractivity contribution in [3.05, 3.63) is 94.8 Å². The molecule has 0 aliphatic carbocycles. The van der Waals surface area contributed by atoms with Gasteiger partial charge in [0.2, 0.25) is 0 Å². The third-order valence-corrected chi connectivity index (χ3v) is 4.98. The van der Waals surface area contributed by atoms with Gasteiger partial charge in [-0.3, -0.25) is 4.98 Å². The van der Waals surface area contributed by atoms with Crippen LogP contribution in [0.5, 0.6) is 6.01 Å². The number of halogens is 2. The summed E-state index contributed by atoms with van der Waals surface area (Å²) in [5, 5.41) is 9.41. The van der Waals surface area contributed by atoms with E-state index in [4.69, 9.17) is 4.74 Å². The summed E-state index contributed by atoms with van der Waals surface area (Å²) in [6.45, 7) is 0.159. The van der Waals surface area contributed by atoms with Gasteiger partial charge >= 0.3 is 11.7 Å². The van der Waals surface area contributed by atoms with Crippen LogP contribution in [0.1, 0.15) is 5.56 Å². The Morgan fingerprint density at radius 3 is 2.56 bits per heavy atom. The van der Waals surface area contributed by atoms with Gasteiger partial charge in [0.1, 0.15) is 11.6 Å². The first-order valence-corrected chi connectivity index (χ1v) is 9.61. The zero-order valence-corrected chi connectivity index (χ0v) is 16.8. The lowest BCUT2D eigenvalue weighted by Gasteiger charge is -2.04. The molecule has 160 valence electrons. The van der Waals surface area contributed by atoms with Crippen molar-refractivity contribution >= 4 is 10.9 Å². The van der Waals surface area contributed by atoms with Crippen molar-refractivity contribution < 1.29 is 13.5 Å². The summed E-state index contributed by atoms with van der Waals surface area (Å²) in [5.41, 5.74) is 1.80. The molecule has 3 heterocycles. The lowest BCUT2D eigenvalue weighted by molar-refractivity contribution is 0.357. The van der Waals surface area contributed by atoms with E-state index < -0.39 is 11.5 Å². The van der Waals surface area contributed by atoms with Crippen LogP contribution < -0.4 is 10.4 Å². The van der Waals surface area contributed by atoms with E-state index in [0.717, 1.165) is 11.8 Å². The Morgan fingerprint density at radius 2 is 1.81 bits per heavy atom. The predicted molar refractivity (Wildman–Crippen MR) is 112 cm³/mol. The average molecular weight is 434 g/mol. The summed E-state index contributed by atoms with van der Waals surface area (Å²) < 4.78 is 36.2. The van der Waals surface area contributed by atoms with Crippen LogP contribution in [0.2, 0.25) is 0 Å². The minimum atomic E-state index is -0.484. The van der Waals surface area contributed by atoms with E-state index in [1.807, 2.05) is 0 Å². The van der Waals surface area contributed by atoms with Gasteiger partial charge in [0.15, 0.2) is 0 Å². The maximum Gasteiger partial charge on any atom is 0.353 e. The summed E-state index contributed by atoms with van der Waals surface area (Å²) in [6.07, 6.45) is 4.28. The van der Waals surface area contributed by atoms with Gasteiger partial charge in [0.25, 0.3) is 0 Å². The number of fused-ring (bicyclic) bond motifs is 1. The van der Waals surface area contributed by atoms with Crippen molar-refractivity contribution in [3.8, 4) is 17.4 Å². The van der Waals surface area contributed by atoms with Gasteiger partial charge in [-0.1, -0.05) is 18.2 Å². The summed E-state index contributed by atoms with van der Waals surface area (Å²) in [7, 11) is 1.42. The summed E-state index contributed by atoms with van der Waals surface area (Å²) >= 11 is 0. The van der Waals surface area contributed by atoms with Crippen molar-refractivity contribution in [3.63, 3.8) is 0 Å². The number of aromatic nitrogens is 6. The van der Waals surface area contributed by atoms with Gasteiger partial charge in [-0.2, -0.15) is 9.78 Å². The molecule has 0 aliphatic heterocycles. The van der Waals surface area contributed by atoms with Crippen molar-refractivity contribution in [1.82, 2.24) is 29.1 Å². The first kappa shape index (κ1) is 19.6. The molecule has 10 heteroatoms. The van der Waals surface area contributed by atoms with E-state index in [9.17, 15) is 13.6 Å². The Labute approximate surface area is 179 Å². The van der Waals surface area contributed by atoms with Gasteiger partial charge in [0, 0.05) is 17.6 Å². The molecule has 0 N–H and O–H groups in total. The maximum atomic E-state index is 13.6. The average Bonchev–Trinajstić information content (AvgIpc) is 3.37. The van der Waals surface area contributed by atoms with Crippen LogP contribution in [0.15, 0.2) is 71.9 Å². The topological polar surface area (TPSA) is 79.8 Å². The lowest BCUT2D eigenvalue weighted by Crippen LogP contribution is -2.24. The monoisotopic (exact) mass is 434 g/mol. The first-order valence-electron chi connectivity index (χ1n) is 9.61. The summed E-state index contributed by atoms with van der Waals surface area (Å²) in [6, 6.07) is 12.5. The number of hydrogen-bond acceptors (Lipinski definition) is 5. The molecule has 0 radical (unpaired) electrons. The van der Waals surface area contributed by atoms with E-state index in [1.54, 1.807) is 36.5 Å². The fourth-order valence-corrected chi connectivity index (χ4v) is 3.46. The van der Waals surface area contributed by atoms with Crippen molar-refractivity contribution in [2.45, 2.75) is 6.54 Å². The van der Waals surface area contributed by atoms with Gasteiger partial charge in [-0.25, -0.2) is 22.8 Å². The lowest BCUT2D eigenvalue weighted by atomic mass is 10.2. The zero-order chi connectivity index (χ0) is 22.2. The molecule has 5 aromatic rings. The van der Waals surface area contributed by atoms with E-state index in [0.29, 0.717) is 22.3 Å². The molecule has 0 atom stereocenters. The molecule has 8 nitrogen and oxygen atoms in total. The van der Waals surface area contributed by atoms with Gasteiger partial charge in [-0.15, -0.1) is 5.10 Å². The van der Waals surface area contributed by atoms with Crippen LogP contribution in [0.3, 0.4) is 0 Å². The molecule has 0 bridgehead atoms. The quantitative estimate of drug-likeness (QED) is 0.425. The number of methoxy groups -OCH3 is 1. The van der Waals surface area contributed by atoms with Crippen LogP contribution >= 0.6 is 0 Å². The van der Waals surface area contributed by atoms with Crippen LogP contribution in [-0.4, -0.2) is 36.2 Å². The Kier molecular flexibility index (Phi) is 4.74. The Morgan fingerprint density at radius 1 is 1.00 bits per heavy atom. The Balaban J connectivity index is 1.61. The second-order valence-electron chi connectivity index (χ2n) is 7.04. The van der Waals surface area contributed by atoms with Crippen LogP contribution in [0, 0.1) is 11.6 Å².